The lowest BCUT2D eigenvalue weighted by molar-refractivity contribution is 0.0815. The van der Waals surface area contributed by atoms with Gasteiger partial charge in [0.1, 0.15) is 5.82 Å². The van der Waals surface area contributed by atoms with Crippen molar-refractivity contribution in [2.45, 2.75) is 19.9 Å². The van der Waals surface area contributed by atoms with Crippen molar-refractivity contribution < 1.29 is 9.59 Å². The average molecular weight is 447 g/mol. The van der Waals surface area contributed by atoms with Crippen molar-refractivity contribution in [1.29, 1.82) is 0 Å². The number of nitrogens with one attached hydrogen (secondary N) is 1. The number of likely N-dealkylation sites (N-methyl/N-ethyl adjacent to an activating group) is 1. The van der Waals surface area contributed by atoms with Gasteiger partial charge in [0.2, 0.25) is 5.82 Å². The molecular weight excluding hydrogens is 420 g/mol. The highest BCUT2D eigenvalue weighted by Gasteiger charge is 2.20. The van der Waals surface area contributed by atoms with E-state index in [0.29, 0.717) is 5.69 Å². The predicted molar refractivity (Wildman–Crippen MR) is 125 cm³/mol. The topological polar surface area (TPSA) is 130 Å². The van der Waals surface area contributed by atoms with E-state index in [1.165, 1.54) is 33.9 Å². The molecule has 3 aromatic rings. The average Bonchev–Trinajstić information content (AvgIpc) is 2.78. The molecule has 0 unspecified atom stereocenters. The second-order valence-electron chi connectivity index (χ2n) is 8.33. The van der Waals surface area contributed by atoms with E-state index in [1.807, 2.05) is 0 Å². The molecule has 0 saturated carbocycles. The molecule has 0 radical (unpaired) electrons. The van der Waals surface area contributed by atoms with Crippen molar-refractivity contribution >= 4 is 23.5 Å². The van der Waals surface area contributed by atoms with E-state index in [-0.39, 0.29) is 29.1 Å². The molecule has 1 aromatic carbocycles. The molecule has 4 rings (SSSR count). The fourth-order valence-electron chi connectivity index (χ4n) is 3.82. The standard InChI is InChI=1S/C23H26N8O2/c1-13-9-14(10-15-12-31(4)8-6-16(13)15)17-11-26-20(24)19(27-17)22(32)29-18-5-7-25-21(28-18)23(33)30(2)3/h5,7,9-11H,6,8,12H2,1-4H3,(H2,24,26)(H,25,28,29,32). The summed E-state index contributed by atoms with van der Waals surface area (Å²) in [5.41, 5.74) is 11.2. The molecule has 3 heterocycles. The molecule has 0 spiro atoms. The van der Waals surface area contributed by atoms with Crippen LogP contribution in [0.25, 0.3) is 11.3 Å². The van der Waals surface area contributed by atoms with Crippen LogP contribution in [0.5, 0.6) is 0 Å². The molecule has 2 amide bonds. The maximum absolute atomic E-state index is 12.9. The number of carbonyl (C=O) groups excluding carboxylic acids is 2. The maximum atomic E-state index is 12.9. The van der Waals surface area contributed by atoms with Gasteiger partial charge in [-0.3, -0.25) is 9.59 Å². The SMILES string of the molecule is Cc1cc(-c2cnc(N)c(C(=O)Nc3ccnc(C(=O)N(C)C)n3)n2)cc2c1CCN(C)C2. The highest BCUT2D eigenvalue weighted by Crippen LogP contribution is 2.28. The van der Waals surface area contributed by atoms with Gasteiger partial charge in [0.15, 0.2) is 11.5 Å². The molecule has 0 saturated heterocycles. The van der Waals surface area contributed by atoms with Gasteiger partial charge in [0.25, 0.3) is 11.8 Å². The molecule has 0 bridgehead atoms. The summed E-state index contributed by atoms with van der Waals surface area (Å²) in [4.78, 5) is 45.4. The lowest BCUT2D eigenvalue weighted by atomic mass is 9.92. The van der Waals surface area contributed by atoms with Crippen LogP contribution >= 0.6 is 0 Å². The first-order valence-corrected chi connectivity index (χ1v) is 10.5. The number of benzene rings is 1. The van der Waals surface area contributed by atoms with Crippen molar-refractivity contribution in [2.75, 3.05) is 38.7 Å². The molecule has 10 nitrogen and oxygen atoms in total. The van der Waals surface area contributed by atoms with Crippen LogP contribution in [0.15, 0.2) is 30.6 Å². The zero-order valence-corrected chi connectivity index (χ0v) is 19.1. The number of aromatic nitrogens is 4. The number of nitrogens with two attached hydrogens (primary N) is 1. The molecule has 0 fully saturated rings. The monoisotopic (exact) mass is 446 g/mol. The van der Waals surface area contributed by atoms with Crippen molar-refractivity contribution in [3.63, 3.8) is 0 Å². The van der Waals surface area contributed by atoms with Gasteiger partial charge in [0, 0.05) is 38.9 Å². The highest BCUT2D eigenvalue weighted by molar-refractivity contribution is 6.05. The van der Waals surface area contributed by atoms with Crippen molar-refractivity contribution in [3.05, 3.63) is 58.8 Å². The minimum atomic E-state index is -0.571. The van der Waals surface area contributed by atoms with Crippen molar-refractivity contribution in [1.82, 2.24) is 29.7 Å². The number of hydrogen-bond acceptors (Lipinski definition) is 8. The van der Waals surface area contributed by atoms with Gasteiger partial charge in [-0.25, -0.2) is 19.9 Å². The number of carbonyl (C=O) groups is 2. The molecule has 0 atom stereocenters. The van der Waals surface area contributed by atoms with Crippen molar-refractivity contribution in [2.24, 2.45) is 0 Å². The lowest BCUT2D eigenvalue weighted by Crippen LogP contribution is -2.27. The summed E-state index contributed by atoms with van der Waals surface area (Å²) >= 11 is 0. The van der Waals surface area contributed by atoms with Crippen LogP contribution < -0.4 is 11.1 Å². The fourth-order valence-corrected chi connectivity index (χ4v) is 3.82. The summed E-state index contributed by atoms with van der Waals surface area (Å²) in [5.74, 6) is -0.803. The second-order valence-corrected chi connectivity index (χ2v) is 8.33. The molecule has 3 N–H and O–H groups in total. The third-order valence-electron chi connectivity index (χ3n) is 5.56. The Bertz CT molecular complexity index is 1240. The van der Waals surface area contributed by atoms with E-state index in [4.69, 9.17) is 5.73 Å². The number of rotatable bonds is 4. The first-order chi connectivity index (χ1) is 15.7. The summed E-state index contributed by atoms with van der Waals surface area (Å²) in [6.45, 7) is 3.99. The molecule has 0 aliphatic carbocycles. The Morgan fingerprint density at radius 3 is 2.73 bits per heavy atom. The minimum Gasteiger partial charge on any atom is -0.382 e. The van der Waals surface area contributed by atoms with Crippen LogP contribution in [0.1, 0.15) is 37.8 Å². The van der Waals surface area contributed by atoms with Crippen LogP contribution in [0.2, 0.25) is 0 Å². The van der Waals surface area contributed by atoms with Crippen LogP contribution in [0.3, 0.4) is 0 Å². The Balaban J connectivity index is 1.63. The molecule has 10 heteroatoms. The highest BCUT2D eigenvalue weighted by atomic mass is 16.2. The van der Waals surface area contributed by atoms with E-state index in [9.17, 15) is 9.59 Å². The van der Waals surface area contributed by atoms with E-state index < -0.39 is 5.91 Å². The number of aryl methyl sites for hydroxylation is 1. The number of amides is 2. The van der Waals surface area contributed by atoms with Gasteiger partial charge in [-0.05, 0) is 55.3 Å². The first kappa shape index (κ1) is 22.3. The third kappa shape index (κ3) is 4.65. The normalized spacial score (nSPS) is 13.3. The summed E-state index contributed by atoms with van der Waals surface area (Å²) in [5, 5.41) is 2.63. The van der Waals surface area contributed by atoms with Gasteiger partial charge in [-0.15, -0.1) is 0 Å². The maximum Gasteiger partial charge on any atom is 0.291 e. The van der Waals surface area contributed by atoms with Crippen LogP contribution in [-0.2, 0) is 13.0 Å². The summed E-state index contributed by atoms with van der Waals surface area (Å²) < 4.78 is 0. The Labute approximate surface area is 191 Å². The van der Waals surface area contributed by atoms with Gasteiger partial charge < -0.3 is 20.9 Å². The molecule has 2 aromatic heterocycles. The molecule has 170 valence electrons. The smallest absolute Gasteiger partial charge is 0.291 e. The zero-order valence-electron chi connectivity index (χ0n) is 19.1. The Hall–Kier alpha value is -3.92. The number of nitrogens with zero attached hydrogens (tertiary/aromatic N) is 6. The zero-order chi connectivity index (χ0) is 23.7. The lowest BCUT2D eigenvalue weighted by Gasteiger charge is -2.27. The van der Waals surface area contributed by atoms with E-state index in [1.54, 1.807) is 20.3 Å². The summed E-state index contributed by atoms with van der Waals surface area (Å²) in [7, 11) is 5.29. The fraction of sp³-hybridized carbons (Fsp3) is 0.304. The summed E-state index contributed by atoms with van der Waals surface area (Å²) in [6.07, 6.45) is 3.98. The van der Waals surface area contributed by atoms with E-state index in [0.717, 1.165) is 25.1 Å². The number of anilines is 2. The van der Waals surface area contributed by atoms with E-state index >= 15 is 0 Å². The Morgan fingerprint density at radius 1 is 1.18 bits per heavy atom. The van der Waals surface area contributed by atoms with Crippen molar-refractivity contribution in [3.8, 4) is 11.3 Å². The second kappa shape index (κ2) is 8.91. The van der Waals surface area contributed by atoms with Gasteiger partial charge >= 0.3 is 0 Å². The van der Waals surface area contributed by atoms with Crippen LogP contribution in [0.4, 0.5) is 11.6 Å². The van der Waals surface area contributed by atoms with Gasteiger partial charge in [-0.1, -0.05) is 0 Å². The number of fused-ring (bicyclic) bond motifs is 1. The molecular formula is C23H26N8O2. The van der Waals surface area contributed by atoms with Gasteiger partial charge in [0.05, 0.1) is 11.9 Å². The molecule has 33 heavy (non-hydrogen) atoms. The number of nitrogen functional groups attached to an aromatic ring is 1. The predicted octanol–water partition coefficient (Wildman–Crippen LogP) is 1.77. The molecule has 1 aliphatic heterocycles. The third-order valence-corrected chi connectivity index (χ3v) is 5.56. The number of hydrogen-bond donors (Lipinski definition) is 2. The van der Waals surface area contributed by atoms with Crippen LogP contribution in [0, 0.1) is 6.92 Å². The van der Waals surface area contributed by atoms with Crippen LogP contribution in [-0.4, -0.2) is 69.2 Å². The largest absolute Gasteiger partial charge is 0.382 e. The molecule has 1 aliphatic rings. The summed E-state index contributed by atoms with van der Waals surface area (Å²) in [6, 6.07) is 5.65. The van der Waals surface area contributed by atoms with Gasteiger partial charge in [-0.2, -0.15) is 0 Å². The first-order valence-electron chi connectivity index (χ1n) is 10.5. The quantitative estimate of drug-likeness (QED) is 0.620. The Morgan fingerprint density at radius 2 is 1.97 bits per heavy atom. The van der Waals surface area contributed by atoms with E-state index in [2.05, 4.69) is 56.3 Å². The Kier molecular flexibility index (Phi) is 6.01. The minimum absolute atomic E-state index is 0.00399.